The molecule has 2 amide bonds. The Bertz CT molecular complexity index is 1120. The molecule has 198 valence electrons. The number of carboxylic acids is 1. The molecule has 10 nitrogen and oxygen atoms in total. The minimum Gasteiger partial charge on any atom is -0.481 e. The highest BCUT2D eigenvalue weighted by Crippen LogP contribution is 2.25. The fourth-order valence-corrected chi connectivity index (χ4v) is 3.66. The zero-order valence-corrected chi connectivity index (χ0v) is 21.5. The Morgan fingerprint density at radius 2 is 1.51 bits per heavy atom. The van der Waals surface area contributed by atoms with Gasteiger partial charge in [-0.15, -0.1) is 0 Å². The average Bonchev–Trinajstić information content (AvgIpc) is 2.84. The predicted octanol–water partition coefficient (Wildman–Crippen LogP) is 3.63. The van der Waals surface area contributed by atoms with E-state index in [1.54, 1.807) is 38.1 Å². The molecule has 12 heteroatoms. The molecule has 2 aromatic carbocycles. The molecule has 0 fully saturated rings. The molecule has 0 unspecified atom stereocenters. The molecular formula is C25H26Cl2N2O8. The van der Waals surface area contributed by atoms with Gasteiger partial charge in [0.25, 0.3) is 0 Å². The van der Waals surface area contributed by atoms with Gasteiger partial charge in [-0.25, -0.2) is 9.59 Å². The van der Waals surface area contributed by atoms with Gasteiger partial charge in [0.2, 0.25) is 5.91 Å². The van der Waals surface area contributed by atoms with E-state index in [1.807, 2.05) is 6.07 Å². The topological polar surface area (TPSA) is 148 Å². The summed E-state index contributed by atoms with van der Waals surface area (Å²) in [5, 5.41) is 14.0. The van der Waals surface area contributed by atoms with E-state index in [-0.39, 0.29) is 22.2 Å². The standard InChI is InChI=1S/C25H26Cl2N2O8/c1-14(2)22(29-25(35)37-12-15-7-4-3-5-8-15)23(33)28-18(11-20(31)32)19(30)13-36-24(34)21-16(26)9-6-10-17(21)27/h3-10,14,18,22H,11-13H2,1-2H3,(H,28,33)(H,29,35)(H,31,32)/t18-,22+/m0/s1. The number of amides is 2. The third-order valence-electron chi connectivity index (χ3n) is 5.03. The van der Waals surface area contributed by atoms with Crippen LogP contribution < -0.4 is 10.6 Å². The van der Waals surface area contributed by atoms with Crippen molar-refractivity contribution in [3.63, 3.8) is 0 Å². The summed E-state index contributed by atoms with van der Waals surface area (Å²) in [6, 6.07) is 10.5. The maximum Gasteiger partial charge on any atom is 0.408 e. The number of rotatable bonds is 12. The van der Waals surface area contributed by atoms with E-state index in [2.05, 4.69) is 10.6 Å². The van der Waals surface area contributed by atoms with Gasteiger partial charge in [0, 0.05) is 0 Å². The van der Waals surface area contributed by atoms with Crippen LogP contribution >= 0.6 is 23.2 Å². The maximum absolute atomic E-state index is 12.9. The monoisotopic (exact) mass is 552 g/mol. The number of hydrogen-bond acceptors (Lipinski definition) is 7. The molecule has 0 aliphatic heterocycles. The number of hydrogen-bond donors (Lipinski definition) is 3. The third kappa shape index (κ3) is 9.40. The van der Waals surface area contributed by atoms with E-state index >= 15 is 0 Å². The molecule has 2 aromatic rings. The molecule has 0 aliphatic carbocycles. The second kappa shape index (κ2) is 14.2. The average molecular weight is 553 g/mol. The van der Waals surface area contributed by atoms with Crippen molar-refractivity contribution >= 4 is 52.9 Å². The van der Waals surface area contributed by atoms with E-state index in [0.29, 0.717) is 0 Å². The maximum atomic E-state index is 12.9. The molecule has 2 atom stereocenters. The molecule has 0 saturated carbocycles. The molecule has 0 aliphatic rings. The van der Waals surface area contributed by atoms with Crippen LogP contribution in [0.2, 0.25) is 10.0 Å². The van der Waals surface area contributed by atoms with Crippen molar-refractivity contribution in [3.8, 4) is 0 Å². The lowest BCUT2D eigenvalue weighted by Crippen LogP contribution is -2.54. The number of benzene rings is 2. The fraction of sp³-hybridized carbons (Fsp3) is 0.320. The van der Waals surface area contributed by atoms with Crippen molar-refractivity contribution in [2.24, 2.45) is 5.92 Å². The summed E-state index contributed by atoms with van der Waals surface area (Å²) in [6.45, 7) is 2.41. The van der Waals surface area contributed by atoms with Crippen LogP contribution in [-0.4, -0.2) is 53.5 Å². The molecule has 0 bridgehead atoms. The lowest BCUT2D eigenvalue weighted by molar-refractivity contribution is -0.141. The van der Waals surface area contributed by atoms with E-state index in [1.165, 1.54) is 18.2 Å². The van der Waals surface area contributed by atoms with Gasteiger partial charge >= 0.3 is 18.0 Å². The second-order valence-corrected chi connectivity index (χ2v) is 9.04. The molecule has 3 N–H and O–H groups in total. The number of carbonyl (C=O) groups excluding carboxylic acids is 4. The summed E-state index contributed by atoms with van der Waals surface area (Å²) in [5.41, 5.74) is 0.582. The van der Waals surface area contributed by atoms with Crippen LogP contribution in [0, 0.1) is 5.92 Å². The first-order valence-electron chi connectivity index (χ1n) is 11.1. The van der Waals surface area contributed by atoms with Crippen LogP contribution in [-0.2, 0) is 30.5 Å². The molecule has 0 heterocycles. The fourth-order valence-electron chi connectivity index (χ4n) is 3.11. The van der Waals surface area contributed by atoms with Crippen LogP contribution in [0.4, 0.5) is 4.79 Å². The molecule has 0 spiro atoms. The number of ketones is 1. The number of carboxylic acid groups (broad SMARTS) is 1. The van der Waals surface area contributed by atoms with Gasteiger partial charge in [-0.05, 0) is 23.6 Å². The first-order chi connectivity index (χ1) is 17.5. The smallest absolute Gasteiger partial charge is 0.408 e. The largest absolute Gasteiger partial charge is 0.481 e. The van der Waals surface area contributed by atoms with Gasteiger partial charge in [0.15, 0.2) is 12.4 Å². The van der Waals surface area contributed by atoms with E-state index in [0.717, 1.165) is 5.56 Å². The van der Waals surface area contributed by atoms with Gasteiger partial charge in [-0.3, -0.25) is 14.4 Å². The quantitative estimate of drug-likeness (QED) is 0.338. The third-order valence-corrected chi connectivity index (χ3v) is 5.66. The minimum absolute atomic E-state index is 0.00494. The second-order valence-electron chi connectivity index (χ2n) is 8.23. The van der Waals surface area contributed by atoms with Gasteiger partial charge < -0.3 is 25.2 Å². The zero-order chi connectivity index (χ0) is 27.5. The van der Waals surface area contributed by atoms with Crippen molar-refractivity contribution in [1.29, 1.82) is 0 Å². The lowest BCUT2D eigenvalue weighted by Gasteiger charge is -2.24. The highest BCUT2D eigenvalue weighted by molar-refractivity contribution is 6.39. The summed E-state index contributed by atoms with van der Waals surface area (Å²) >= 11 is 11.9. The molecule has 2 rings (SSSR count). The molecule has 0 radical (unpaired) electrons. The number of ether oxygens (including phenoxy) is 2. The summed E-state index contributed by atoms with van der Waals surface area (Å²) in [5.74, 6) is -4.51. The van der Waals surface area contributed by atoms with Crippen molar-refractivity contribution in [3.05, 3.63) is 69.7 Å². The molecule has 37 heavy (non-hydrogen) atoms. The van der Waals surface area contributed by atoms with Gasteiger partial charge in [0.1, 0.15) is 18.7 Å². The number of alkyl carbamates (subject to hydrolysis) is 1. The number of nitrogens with one attached hydrogen (secondary N) is 2. The lowest BCUT2D eigenvalue weighted by atomic mass is 10.0. The van der Waals surface area contributed by atoms with Gasteiger partial charge in [-0.1, -0.05) is 73.4 Å². The number of Topliss-reactive ketones (excluding diaryl/α,β-unsaturated/α-hetero) is 1. The van der Waals surface area contributed by atoms with Crippen LogP contribution in [0.25, 0.3) is 0 Å². The SMILES string of the molecule is CC(C)[C@@H](NC(=O)OCc1ccccc1)C(=O)N[C@@H](CC(=O)O)C(=O)COC(=O)c1c(Cl)cccc1Cl. The van der Waals surface area contributed by atoms with Crippen LogP contribution in [0.15, 0.2) is 48.5 Å². The van der Waals surface area contributed by atoms with E-state index in [9.17, 15) is 29.1 Å². The van der Waals surface area contributed by atoms with Gasteiger partial charge in [0.05, 0.1) is 22.0 Å². The van der Waals surface area contributed by atoms with Crippen LogP contribution in [0.3, 0.4) is 0 Å². The predicted molar refractivity (Wildman–Crippen MR) is 134 cm³/mol. The summed E-state index contributed by atoms with van der Waals surface area (Å²) in [6.07, 6.45) is -1.65. The summed E-state index contributed by atoms with van der Waals surface area (Å²) in [4.78, 5) is 61.4. The van der Waals surface area contributed by atoms with Crippen molar-refractivity contribution in [2.75, 3.05) is 6.61 Å². The van der Waals surface area contributed by atoms with Crippen LogP contribution in [0.5, 0.6) is 0 Å². The Labute approximate surface area is 223 Å². The number of carbonyl (C=O) groups is 5. The van der Waals surface area contributed by atoms with E-state index < -0.39 is 60.8 Å². The van der Waals surface area contributed by atoms with Crippen molar-refractivity contribution in [1.82, 2.24) is 10.6 Å². The number of aliphatic carboxylic acids is 1. The molecule has 0 saturated heterocycles. The van der Waals surface area contributed by atoms with E-state index in [4.69, 9.17) is 32.7 Å². The number of esters is 1. The summed E-state index contributed by atoms with van der Waals surface area (Å²) in [7, 11) is 0. The zero-order valence-electron chi connectivity index (χ0n) is 20.0. The van der Waals surface area contributed by atoms with Crippen molar-refractivity contribution < 1.29 is 38.6 Å². The molecule has 0 aromatic heterocycles. The first kappa shape index (κ1) is 29.6. The Morgan fingerprint density at radius 3 is 2.08 bits per heavy atom. The Morgan fingerprint density at radius 1 is 0.892 bits per heavy atom. The highest BCUT2D eigenvalue weighted by Gasteiger charge is 2.31. The highest BCUT2D eigenvalue weighted by atomic mass is 35.5. The Kier molecular flexibility index (Phi) is 11.4. The Balaban J connectivity index is 2.02. The normalized spacial score (nSPS) is 12.2. The first-order valence-corrected chi connectivity index (χ1v) is 11.9. The molecular weight excluding hydrogens is 527 g/mol. The summed E-state index contributed by atoms with van der Waals surface area (Å²) < 4.78 is 10.1. The van der Waals surface area contributed by atoms with Crippen LogP contribution in [0.1, 0.15) is 36.2 Å². The van der Waals surface area contributed by atoms with Crippen molar-refractivity contribution in [2.45, 2.75) is 39.0 Å². The Hall–Kier alpha value is -3.63. The number of halogens is 2. The minimum atomic E-state index is -1.54. The van der Waals surface area contributed by atoms with Gasteiger partial charge in [-0.2, -0.15) is 0 Å².